The van der Waals surface area contributed by atoms with E-state index in [4.69, 9.17) is 0 Å². The first kappa shape index (κ1) is 31.5. The van der Waals surface area contributed by atoms with Crippen molar-refractivity contribution >= 4 is 23.3 Å². The van der Waals surface area contributed by atoms with E-state index in [9.17, 15) is 14.7 Å². The Morgan fingerprint density at radius 3 is 2.04 bits per heavy atom. The minimum Gasteiger partial charge on any atom is -0.480 e. The van der Waals surface area contributed by atoms with Crippen LogP contribution in [-0.4, -0.2) is 23.0 Å². The highest BCUT2D eigenvalue weighted by atomic mass is 16.4. The standard InChI is InChI=1S/C42H36N4O3/c47-41(37-18-19-39-36(26-37)17-20-40(42(48)49)46(39)29-31-8-3-1-4-9-31)43-38-12-7-23-45(30-38)28-33-15-13-32(14-16-33)27-44-24-21-35(22-25-44)34-10-5-2-6-11-34/h1-16,18-19,21-26,30,40H,17,20,27-29H2/p+2. The van der Waals surface area contributed by atoms with Crippen LogP contribution in [-0.2, 0) is 30.8 Å². The van der Waals surface area contributed by atoms with Crippen LogP contribution in [0.1, 0.15) is 39.0 Å². The number of fused-ring (bicyclic) bond motifs is 1. The molecule has 0 bridgehead atoms. The van der Waals surface area contributed by atoms with Gasteiger partial charge in [-0.1, -0.05) is 84.9 Å². The predicted octanol–water partition coefficient (Wildman–Crippen LogP) is 6.68. The van der Waals surface area contributed by atoms with Crippen LogP contribution < -0.4 is 19.4 Å². The monoisotopic (exact) mass is 646 g/mol. The number of carboxylic acids is 1. The molecule has 49 heavy (non-hydrogen) atoms. The summed E-state index contributed by atoms with van der Waals surface area (Å²) >= 11 is 0. The lowest BCUT2D eigenvalue weighted by Gasteiger charge is -2.37. The molecule has 1 unspecified atom stereocenters. The number of pyridine rings is 2. The normalized spacial score (nSPS) is 13.8. The van der Waals surface area contributed by atoms with Gasteiger partial charge in [-0.3, -0.25) is 4.79 Å². The molecule has 4 aromatic carbocycles. The third-order valence-electron chi connectivity index (χ3n) is 9.06. The fourth-order valence-electron chi connectivity index (χ4n) is 6.51. The maximum absolute atomic E-state index is 13.4. The molecule has 1 aliphatic rings. The van der Waals surface area contributed by atoms with E-state index >= 15 is 0 Å². The van der Waals surface area contributed by atoms with Crippen molar-refractivity contribution in [3.63, 3.8) is 0 Å². The molecule has 0 fully saturated rings. The predicted molar refractivity (Wildman–Crippen MR) is 190 cm³/mol. The Hall–Kier alpha value is -6.08. The lowest BCUT2D eigenvalue weighted by molar-refractivity contribution is -0.688. The number of carbonyl (C=O) groups is 2. The molecule has 0 aliphatic carbocycles. The number of nitrogens with zero attached hydrogens (tertiary/aromatic N) is 3. The third kappa shape index (κ3) is 7.57. The van der Waals surface area contributed by atoms with E-state index in [1.807, 2.05) is 78.0 Å². The first-order valence-corrected chi connectivity index (χ1v) is 16.6. The molecule has 0 spiro atoms. The van der Waals surface area contributed by atoms with Gasteiger partial charge in [-0.25, -0.2) is 9.36 Å². The molecule has 2 N–H and O–H groups in total. The van der Waals surface area contributed by atoms with E-state index < -0.39 is 12.0 Å². The fraction of sp³-hybridized carbons (Fsp3) is 0.143. The molecule has 242 valence electrons. The SMILES string of the molecule is O=C(Nc1ccc[n+](Cc2ccc(C[n+]3ccc(-c4ccccc4)cc3)cc2)c1)c1ccc2c(c1)CCC(C(=O)O)N2Cc1ccccc1. The second kappa shape index (κ2) is 14.4. The van der Waals surface area contributed by atoms with Crippen molar-refractivity contribution in [3.8, 4) is 11.1 Å². The quantitative estimate of drug-likeness (QED) is 0.163. The zero-order chi connectivity index (χ0) is 33.6. The number of benzene rings is 4. The lowest BCUT2D eigenvalue weighted by atomic mass is 9.93. The van der Waals surface area contributed by atoms with Gasteiger partial charge >= 0.3 is 5.97 Å². The van der Waals surface area contributed by atoms with Crippen molar-refractivity contribution in [2.45, 2.75) is 38.5 Å². The van der Waals surface area contributed by atoms with Crippen molar-refractivity contribution in [2.75, 3.05) is 10.2 Å². The van der Waals surface area contributed by atoms with E-state index in [1.54, 1.807) is 6.07 Å². The molecule has 3 heterocycles. The number of hydrogen-bond donors (Lipinski definition) is 2. The number of nitrogens with one attached hydrogen (secondary N) is 1. The summed E-state index contributed by atoms with van der Waals surface area (Å²) in [7, 11) is 0. The lowest BCUT2D eigenvalue weighted by Crippen LogP contribution is -2.44. The highest BCUT2D eigenvalue weighted by Crippen LogP contribution is 2.33. The number of aliphatic carboxylic acids is 1. The first-order valence-electron chi connectivity index (χ1n) is 16.6. The average molecular weight is 647 g/mol. The molecule has 7 nitrogen and oxygen atoms in total. The van der Waals surface area contributed by atoms with Gasteiger partial charge in [0.15, 0.2) is 37.9 Å². The highest BCUT2D eigenvalue weighted by molar-refractivity contribution is 6.04. The van der Waals surface area contributed by atoms with Gasteiger partial charge in [-0.15, -0.1) is 0 Å². The Balaban J connectivity index is 0.985. The molecule has 6 aromatic rings. The number of aromatic nitrogens is 2. The number of carbonyl (C=O) groups excluding carboxylic acids is 1. The van der Waals surface area contributed by atoms with Gasteiger partial charge in [-0.2, -0.15) is 4.57 Å². The Morgan fingerprint density at radius 2 is 1.35 bits per heavy atom. The zero-order valence-corrected chi connectivity index (χ0v) is 27.2. The van der Waals surface area contributed by atoms with Crippen LogP contribution in [0.2, 0.25) is 0 Å². The van der Waals surface area contributed by atoms with Crippen molar-refractivity contribution in [2.24, 2.45) is 0 Å². The summed E-state index contributed by atoms with van der Waals surface area (Å²) in [6.07, 6.45) is 9.25. The van der Waals surface area contributed by atoms with Crippen LogP contribution in [0.15, 0.2) is 152 Å². The maximum atomic E-state index is 13.4. The Bertz CT molecular complexity index is 2060. The highest BCUT2D eigenvalue weighted by Gasteiger charge is 2.32. The van der Waals surface area contributed by atoms with Gasteiger partial charge in [0.05, 0.1) is 0 Å². The number of hydrogen-bond acceptors (Lipinski definition) is 3. The van der Waals surface area contributed by atoms with Crippen LogP contribution in [0.3, 0.4) is 0 Å². The number of rotatable bonds is 10. The van der Waals surface area contributed by atoms with Crippen molar-refractivity contribution < 1.29 is 23.8 Å². The molecule has 0 saturated carbocycles. The van der Waals surface area contributed by atoms with E-state index in [2.05, 4.69) is 87.5 Å². The molecule has 1 atom stereocenters. The van der Waals surface area contributed by atoms with E-state index in [0.717, 1.165) is 28.9 Å². The third-order valence-corrected chi connectivity index (χ3v) is 9.06. The van der Waals surface area contributed by atoms with Gasteiger partial charge in [0.1, 0.15) is 11.7 Å². The smallest absolute Gasteiger partial charge is 0.326 e. The Labute approximate surface area is 286 Å². The van der Waals surface area contributed by atoms with Gasteiger partial charge in [0, 0.05) is 47.1 Å². The van der Waals surface area contributed by atoms with Crippen LogP contribution in [0.5, 0.6) is 0 Å². The number of aryl methyl sites for hydroxylation is 1. The van der Waals surface area contributed by atoms with Gasteiger partial charge < -0.3 is 15.3 Å². The summed E-state index contributed by atoms with van der Waals surface area (Å²) < 4.78 is 4.24. The molecule has 7 rings (SSSR count). The number of carboxylic acid groups (broad SMARTS) is 1. The van der Waals surface area contributed by atoms with Crippen LogP contribution in [0.4, 0.5) is 11.4 Å². The van der Waals surface area contributed by atoms with Crippen LogP contribution in [0, 0.1) is 0 Å². The molecule has 1 amide bonds. The summed E-state index contributed by atoms with van der Waals surface area (Å²) in [4.78, 5) is 27.4. The van der Waals surface area contributed by atoms with E-state index in [1.165, 1.54) is 16.7 Å². The van der Waals surface area contributed by atoms with Gasteiger partial charge in [0.2, 0.25) is 0 Å². The molecular weight excluding hydrogens is 608 g/mol. The molecule has 0 radical (unpaired) electrons. The molecule has 0 saturated heterocycles. The fourth-order valence-corrected chi connectivity index (χ4v) is 6.51. The second-order valence-corrected chi connectivity index (χ2v) is 12.5. The summed E-state index contributed by atoms with van der Waals surface area (Å²) in [5.41, 5.74) is 8.93. The Morgan fingerprint density at radius 1 is 0.694 bits per heavy atom. The van der Waals surface area contributed by atoms with Crippen molar-refractivity contribution in [3.05, 3.63) is 180 Å². The summed E-state index contributed by atoms with van der Waals surface area (Å²) in [6, 6.07) is 41.9. The number of amides is 1. The average Bonchev–Trinajstić information content (AvgIpc) is 3.13. The number of anilines is 2. The minimum atomic E-state index is -0.833. The van der Waals surface area contributed by atoms with E-state index in [-0.39, 0.29) is 5.91 Å². The second-order valence-electron chi connectivity index (χ2n) is 12.5. The summed E-state index contributed by atoms with van der Waals surface area (Å²) in [6.45, 7) is 1.95. The van der Waals surface area contributed by atoms with Gasteiger partial charge in [0.25, 0.3) is 5.91 Å². The minimum absolute atomic E-state index is 0.200. The zero-order valence-electron chi connectivity index (χ0n) is 27.2. The summed E-state index contributed by atoms with van der Waals surface area (Å²) in [5, 5.41) is 13.0. The molecule has 2 aromatic heterocycles. The maximum Gasteiger partial charge on any atom is 0.326 e. The molecular formula is C42H38N4O3+2. The Kier molecular flexibility index (Phi) is 9.23. The van der Waals surface area contributed by atoms with E-state index in [0.29, 0.717) is 37.2 Å². The largest absolute Gasteiger partial charge is 0.480 e. The van der Waals surface area contributed by atoms with Crippen LogP contribution in [0.25, 0.3) is 11.1 Å². The van der Waals surface area contributed by atoms with Crippen molar-refractivity contribution in [1.82, 2.24) is 0 Å². The topological polar surface area (TPSA) is 77.4 Å². The molecule has 1 aliphatic heterocycles. The van der Waals surface area contributed by atoms with Gasteiger partial charge in [-0.05, 0) is 59.4 Å². The summed E-state index contributed by atoms with van der Waals surface area (Å²) in [5.74, 6) is -1.03. The first-order chi connectivity index (χ1) is 24.0. The molecule has 7 heteroatoms. The van der Waals surface area contributed by atoms with Crippen LogP contribution >= 0.6 is 0 Å². The van der Waals surface area contributed by atoms with Crippen molar-refractivity contribution in [1.29, 1.82) is 0 Å².